The number of amides is 1. The Labute approximate surface area is 173 Å². The molecule has 2 aliphatic rings. The van der Waals surface area contributed by atoms with Crippen molar-refractivity contribution in [3.05, 3.63) is 42.1 Å². The van der Waals surface area contributed by atoms with Gasteiger partial charge in [0.2, 0.25) is 0 Å². The van der Waals surface area contributed by atoms with Gasteiger partial charge in [-0.05, 0) is 25.3 Å². The first-order valence-electron chi connectivity index (χ1n) is 10.8. The van der Waals surface area contributed by atoms with E-state index in [1.807, 2.05) is 41.3 Å². The Balaban J connectivity index is 1.65. The Bertz CT molecular complexity index is 832. The van der Waals surface area contributed by atoms with Crippen LogP contribution in [0.3, 0.4) is 0 Å². The van der Waals surface area contributed by atoms with Crippen LogP contribution >= 0.6 is 0 Å². The molecule has 0 spiro atoms. The predicted molar refractivity (Wildman–Crippen MR) is 116 cm³/mol. The standard InChI is InChI=1S/C23H31N5O/c1-3-26-12-14-27(15-13-26)23(29)20-16-21(28-11-7-8-18(2)17-28)25-22(24-20)19-9-5-4-6-10-19/h4-6,9-10,16,18H,3,7-8,11-15,17H2,1-2H3. The van der Waals surface area contributed by atoms with E-state index in [-0.39, 0.29) is 5.91 Å². The van der Waals surface area contributed by atoms with E-state index in [4.69, 9.17) is 4.98 Å². The first kappa shape index (κ1) is 19.8. The molecule has 6 nitrogen and oxygen atoms in total. The molecule has 1 unspecified atom stereocenters. The molecule has 29 heavy (non-hydrogen) atoms. The molecule has 1 atom stereocenters. The van der Waals surface area contributed by atoms with Gasteiger partial charge in [-0.3, -0.25) is 4.79 Å². The van der Waals surface area contributed by atoms with E-state index in [1.54, 1.807) is 0 Å². The first-order chi connectivity index (χ1) is 14.1. The minimum Gasteiger partial charge on any atom is -0.356 e. The summed E-state index contributed by atoms with van der Waals surface area (Å²) in [6.07, 6.45) is 2.41. The van der Waals surface area contributed by atoms with Crippen molar-refractivity contribution in [2.45, 2.75) is 26.7 Å². The van der Waals surface area contributed by atoms with Crippen molar-refractivity contribution in [3.63, 3.8) is 0 Å². The highest BCUT2D eigenvalue weighted by Gasteiger charge is 2.25. The third kappa shape index (κ3) is 4.58. The van der Waals surface area contributed by atoms with Crippen LogP contribution in [0, 0.1) is 5.92 Å². The van der Waals surface area contributed by atoms with Crippen molar-refractivity contribution < 1.29 is 4.79 Å². The maximum absolute atomic E-state index is 13.3. The number of benzene rings is 1. The highest BCUT2D eigenvalue weighted by atomic mass is 16.2. The lowest BCUT2D eigenvalue weighted by atomic mass is 10.0. The monoisotopic (exact) mass is 393 g/mol. The number of piperazine rings is 1. The topological polar surface area (TPSA) is 52.6 Å². The second-order valence-corrected chi connectivity index (χ2v) is 8.22. The molecule has 6 heteroatoms. The van der Waals surface area contributed by atoms with Crippen molar-refractivity contribution in [1.82, 2.24) is 19.8 Å². The third-order valence-electron chi connectivity index (χ3n) is 6.05. The SMILES string of the molecule is CCN1CCN(C(=O)c2cc(N3CCCC(C)C3)nc(-c3ccccc3)n2)CC1. The van der Waals surface area contributed by atoms with Crippen LogP contribution in [-0.4, -0.2) is 71.5 Å². The Morgan fingerprint density at radius 2 is 1.83 bits per heavy atom. The maximum atomic E-state index is 13.3. The minimum atomic E-state index is 0.0200. The lowest BCUT2D eigenvalue weighted by molar-refractivity contribution is 0.0637. The summed E-state index contributed by atoms with van der Waals surface area (Å²) < 4.78 is 0. The van der Waals surface area contributed by atoms with Gasteiger partial charge in [0.15, 0.2) is 5.82 Å². The molecular formula is C23H31N5O. The van der Waals surface area contributed by atoms with Crippen LogP contribution in [0.25, 0.3) is 11.4 Å². The summed E-state index contributed by atoms with van der Waals surface area (Å²) in [6, 6.07) is 11.9. The van der Waals surface area contributed by atoms with Gasteiger partial charge in [0.25, 0.3) is 5.91 Å². The van der Waals surface area contributed by atoms with Gasteiger partial charge in [-0.15, -0.1) is 0 Å². The largest absolute Gasteiger partial charge is 0.356 e. The number of hydrogen-bond donors (Lipinski definition) is 0. The molecule has 0 radical (unpaired) electrons. The number of carbonyl (C=O) groups is 1. The summed E-state index contributed by atoms with van der Waals surface area (Å²) in [6.45, 7) is 10.8. The number of likely N-dealkylation sites (N-methyl/N-ethyl adjacent to an activating group) is 1. The highest BCUT2D eigenvalue weighted by molar-refractivity contribution is 5.93. The Kier molecular flexibility index (Phi) is 6.09. The van der Waals surface area contributed by atoms with Gasteiger partial charge >= 0.3 is 0 Å². The van der Waals surface area contributed by atoms with E-state index in [9.17, 15) is 4.79 Å². The Morgan fingerprint density at radius 1 is 1.07 bits per heavy atom. The van der Waals surface area contributed by atoms with Crippen molar-refractivity contribution in [3.8, 4) is 11.4 Å². The van der Waals surface area contributed by atoms with Gasteiger partial charge in [-0.1, -0.05) is 44.2 Å². The second kappa shape index (κ2) is 8.91. The van der Waals surface area contributed by atoms with E-state index in [2.05, 4.69) is 28.6 Å². The van der Waals surface area contributed by atoms with E-state index in [1.165, 1.54) is 6.42 Å². The number of hydrogen-bond acceptors (Lipinski definition) is 5. The molecule has 2 aliphatic heterocycles. The van der Waals surface area contributed by atoms with Crippen LogP contribution in [0.4, 0.5) is 5.82 Å². The van der Waals surface area contributed by atoms with Gasteiger partial charge in [0.1, 0.15) is 11.5 Å². The molecule has 0 bridgehead atoms. The zero-order valence-electron chi connectivity index (χ0n) is 17.5. The van der Waals surface area contributed by atoms with Crippen molar-refractivity contribution in [1.29, 1.82) is 0 Å². The fourth-order valence-corrected chi connectivity index (χ4v) is 4.25. The summed E-state index contributed by atoms with van der Waals surface area (Å²) in [5.41, 5.74) is 1.46. The quantitative estimate of drug-likeness (QED) is 0.799. The molecule has 0 N–H and O–H groups in total. The molecule has 1 aromatic carbocycles. The van der Waals surface area contributed by atoms with E-state index in [0.29, 0.717) is 17.4 Å². The first-order valence-corrected chi connectivity index (χ1v) is 10.8. The lowest BCUT2D eigenvalue weighted by Gasteiger charge is -2.34. The molecule has 4 rings (SSSR count). The molecule has 1 amide bonds. The summed E-state index contributed by atoms with van der Waals surface area (Å²) in [4.78, 5) is 29.4. The summed E-state index contributed by atoms with van der Waals surface area (Å²) in [5, 5.41) is 0. The maximum Gasteiger partial charge on any atom is 0.272 e. The number of anilines is 1. The van der Waals surface area contributed by atoms with Crippen molar-refractivity contribution >= 4 is 11.7 Å². The zero-order chi connectivity index (χ0) is 20.2. The summed E-state index contributed by atoms with van der Waals surface area (Å²) in [5.74, 6) is 2.17. The van der Waals surface area contributed by atoms with E-state index < -0.39 is 0 Å². The molecule has 3 heterocycles. The van der Waals surface area contributed by atoms with Gasteiger partial charge in [-0.2, -0.15) is 0 Å². The van der Waals surface area contributed by atoms with Crippen LogP contribution in [-0.2, 0) is 0 Å². The van der Waals surface area contributed by atoms with Gasteiger partial charge < -0.3 is 14.7 Å². The van der Waals surface area contributed by atoms with Crippen LogP contribution < -0.4 is 4.90 Å². The molecule has 2 saturated heterocycles. The number of rotatable bonds is 4. The minimum absolute atomic E-state index is 0.0200. The summed E-state index contributed by atoms with van der Waals surface area (Å²) in [7, 11) is 0. The van der Waals surface area contributed by atoms with Gasteiger partial charge in [-0.25, -0.2) is 9.97 Å². The number of aromatic nitrogens is 2. The number of nitrogens with zero attached hydrogens (tertiary/aromatic N) is 5. The van der Waals surface area contributed by atoms with Crippen molar-refractivity contribution in [2.24, 2.45) is 5.92 Å². The smallest absolute Gasteiger partial charge is 0.272 e. The molecule has 0 aliphatic carbocycles. The molecule has 2 fully saturated rings. The average Bonchev–Trinajstić information content (AvgIpc) is 2.79. The van der Waals surface area contributed by atoms with Crippen LogP contribution in [0.2, 0.25) is 0 Å². The average molecular weight is 394 g/mol. The number of carbonyl (C=O) groups excluding carboxylic acids is 1. The third-order valence-corrected chi connectivity index (χ3v) is 6.05. The molecule has 1 aromatic heterocycles. The van der Waals surface area contributed by atoms with Gasteiger partial charge in [0, 0.05) is 50.9 Å². The van der Waals surface area contributed by atoms with E-state index in [0.717, 1.165) is 63.6 Å². The van der Waals surface area contributed by atoms with Crippen LogP contribution in [0.15, 0.2) is 36.4 Å². The van der Waals surface area contributed by atoms with Crippen LogP contribution in [0.5, 0.6) is 0 Å². The van der Waals surface area contributed by atoms with E-state index >= 15 is 0 Å². The highest BCUT2D eigenvalue weighted by Crippen LogP contribution is 2.25. The molecule has 0 saturated carbocycles. The van der Waals surface area contributed by atoms with Crippen LogP contribution in [0.1, 0.15) is 37.2 Å². The lowest BCUT2D eigenvalue weighted by Crippen LogP contribution is -2.48. The molecule has 2 aromatic rings. The summed E-state index contributed by atoms with van der Waals surface area (Å²) >= 11 is 0. The normalized spacial score (nSPS) is 20.7. The second-order valence-electron chi connectivity index (χ2n) is 8.22. The fourth-order valence-electron chi connectivity index (χ4n) is 4.25. The molecular weight excluding hydrogens is 362 g/mol. The Hall–Kier alpha value is -2.47. The predicted octanol–water partition coefficient (Wildman–Crippen LogP) is 3.16. The van der Waals surface area contributed by atoms with Gasteiger partial charge in [0.05, 0.1) is 0 Å². The fraction of sp³-hybridized carbons (Fsp3) is 0.522. The number of piperidine rings is 1. The van der Waals surface area contributed by atoms with Crippen molar-refractivity contribution in [2.75, 3.05) is 50.7 Å². The zero-order valence-corrected chi connectivity index (χ0v) is 17.5. The molecule has 154 valence electrons. The Morgan fingerprint density at radius 3 is 2.52 bits per heavy atom.